The molecule has 6 heteroatoms. The zero-order valence-corrected chi connectivity index (χ0v) is 17.1. The molecule has 0 bridgehead atoms. The molecule has 1 amide bonds. The van der Waals surface area contributed by atoms with Gasteiger partial charge < -0.3 is 19.9 Å². The highest BCUT2D eigenvalue weighted by atomic mass is 79.9. The van der Waals surface area contributed by atoms with E-state index in [1.807, 2.05) is 24.3 Å². The number of halogens is 1. The Balaban J connectivity index is 1.38. The number of carbonyl (C=O) groups excluding carboxylic acids is 1. The molecule has 0 aromatic heterocycles. The zero-order chi connectivity index (χ0) is 18.4. The molecule has 0 spiro atoms. The lowest BCUT2D eigenvalue weighted by atomic mass is 10.1. The quantitative estimate of drug-likeness (QED) is 0.687. The summed E-state index contributed by atoms with van der Waals surface area (Å²) in [4.78, 5) is 17.4. The van der Waals surface area contributed by atoms with Gasteiger partial charge in [0, 0.05) is 42.8 Å². The molecule has 1 aromatic carbocycles. The number of ether oxygens (including phenoxy) is 1. The Bertz CT molecular complexity index is 654. The maximum absolute atomic E-state index is 12.4. The van der Waals surface area contributed by atoms with E-state index in [2.05, 4.69) is 38.0 Å². The number of hydrogen-bond acceptors (Lipinski definition) is 4. The Morgan fingerprint density at radius 1 is 1.19 bits per heavy atom. The molecule has 0 saturated carbocycles. The predicted molar refractivity (Wildman–Crippen MR) is 108 cm³/mol. The normalized spacial score (nSPS) is 18.0. The minimum atomic E-state index is -0.0246. The van der Waals surface area contributed by atoms with E-state index in [9.17, 15) is 4.79 Å². The van der Waals surface area contributed by atoms with Gasteiger partial charge in [0.25, 0.3) is 5.91 Å². The third-order valence-electron chi connectivity index (χ3n) is 4.92. The number of fused-ring (bicyclic) bond motifs is 1. The van der Waals surface area contributed by atoms with Crippen LogP contribution in [0.1, 0.15) is 25.3 Å². The van der Waals surface area contributed by atoms with Gasteiger partial charge in [-0.05, 0) is 50.2 Å². The maximum atomic E-state index is 12.4. The van der Waals surface area contributed by atoms with Gasteiger partial charge in [0.15, 0.2) is 0 Å². The van der Waals surface area contributed by atoms with Crippen LogP contribution in [0.2, 0.25) is 0 Å². The van der Waals surface area contributed by atoms with Crippen molar-refractivity contribution in [2.45, 2.75) is 19.8 Å². The van der Waals surface area contributed by atoms with Gasteiger partial charge in [0.1, 0.15) is 12.4 Å². The van der Waals surface area contributed by atoms with E-state index < -0.39 is 0 Å². The van der Waals surface area contributed by atoms with Crippen molar-refractivity contribution in [1.82, 2.24) is 15.1 Å². The molecule has 2 aliphatic heterocycles. The van der Waals surface area contributed by atoms with Crippen LogP contribution in [-0.2, 0) is 4.79 Å². The molecule has 1 fully saturated rings. The number of carbonyl (C=O) groups is 1. The first-order valence-electron chi connectivity index (χ1n) is 9.51. The van der Waals surface area contributed by atoms with E-state index in [1.165, 1.54) is 26.1 Å². The summed E-state index contributed by atoms with van der Waals surface area (Å²) in [5.41, 5.74) is 1.63. The summed E-state index contributed by atoms with van der Waals surface area (Å²) < 4.78 is 6.66. The summed E-state index contributed by atoms with van der Waals surface area (Å²) in [6, 6.07) is 5.84. The van der Waals surface area contributed by atoms with E-state index >= 15 is 0 Å². The number of piperazine rings is 1. The lowest BCUT2D eigenvalue weighted by Crippen LogP contribution is -2.47. The second-order valence-corrected chi connectivity index (χ2v) is 7.85. The van der Waals surface area contributed by atoms with Gasteiger partial charge in [0.2, 0.25) is 0 Å². The fraction of sp³-hybridized carbons (Fsp3) is 0.550. The van der Waals surface area contributed by atoms with Crippen LogP contribution in [0.4, 0.5) is 0 Å². The number of benzene rings is 1. The average molecular weight is 422 g/mol. The van der Waals surface area contributed by atoms with Gasteiger partial charge in [-0.25, -0.2) is 0 Å². The van der Waals surface area contributed by atoms with Crippen molar-refractivity contribution < 1.29 is 9.53 Å². The summed E-state index contributed by atoms with van der Waals surface area (Å²) in [5, 5.41) is 3.03. The number of amides is 1. The lowest BCUT2D eigenvalue weighted by Gasteiger charge is -2.34. The monoisotopic (exact) mass is 421 g/mol. The first-order valence-corrected chi connectivity index (χ1v) is 10.3. The molecule has 3 rings (SSSR count). The standard InChI is InChI=1S/C20H28BrN3O2/c1-2-7-23-9-11-24(12-10-23)8-3-6-22-20(25)17-13-16-14-18(21)4-5-19(16)26-15-17/h4-5,13-14H,2-3,6-12,15H2,1H3,(H,22,25). The van der Waals surface area contributed by atoms with Crippen LogP contribution in [0.5, 0.6) is 5.75 Å². The summed E-state index contributed by atoms with van der Waals surface area (Å²) >= 11 is 3.46. The zero-order valence-electron chi connectivity index (χ0n) is 15.5. The Kier molecular flexibility index (Phi) is 7.11. The van der Waals surface area contributed by atoms with Gasteiger partial charge in [-0.3, -0.25) is 4.79 Å². The molecule has 26 heavy (non-hydrogen) atoms. The van der Waals surface area contributed by atoms with E-state index in [1.54, 1.807) is 0 Å². The second kappa shape index (κ2) is 9.53. The van der Waals surface area contributed by atoms with Crippen molar-refractivity contribution in [3.63, 3.8) is 0 Å². The third kappa shape index (κ3) is 5.32. The summed E-state index contributed by atoms with van der Waals surface area (Å²) in [6.45, 7) is 10.1. The van der Waals surface area contributed by atoms with Crippen molar-refractivity contribution in [2.75, 3.05) is 52.4 Å². The van der Waals surface area contributed by atoms with Crippen LogP contribution in [0.15, 0.2) is 28.2 Å². The van der Waals surface area contributed by atoms with E-state index in [4.69, 9.17) is 4.74 Å². The Morgan fingerprint density at radius 2 is 1.92 bits per heavy atom. The highest BCUT2D eigenvalue weighted by molar-refractivity contribution is 9.10. The van der Waals surface area contributed by atoms with Gasteiger partial charge in [-0.15, -0.1) is 0 Å². The molecule has 0 unspecified atom stereocenters. The average Bonchev–Trinajstić information content (AvgIpc) is 2.66. The molecule has 1 aromatic rings. The van der Waals surface area contributed by atoms with Gasteiger partial charge in [0.05, 0.1) is 5.57 Å². The predicted octanol–water partition coefficient (Wildman–Crippen LogP) is 2.76. The maximum Gasteiger partial charge on any atom is 0.250 e. The first kappa shape index (κ1) is 19.4. The molecule has 2 aliphatic rings. The molecular weight excluding hydrogens is 394 g/mol. The van der Waals surface area contributed by atoms with Crippen LogP contribution >= 0.6 is 15.9 Å². The van der Waals surface area contributed by atoms with Gasteiger partial charge >= 0.3 is 0 Å². The van der Waals surface area contributed by atoms with E-state index in [0.717, 1.165) is 41.8 Å². The minimum absolute atomic E-state index is 0.0246. The van der Waals surface area contributed by atoms with Crippen molar-refractivity contribution in [3.05, 3.63) is 33.8 Å². The molecule has 1 saturated heterocycles. The fourth-order valence-electron chi connectivity index (χ4n) is 3.45. The van der Waals surface area contributed by atoms with Gasteiger partial charge in [-0.2, -0.15) is 0 Å². The molecule has 1 N–H and O–H groups in total. The topological polar surface area (TPSA) is 44.8 Å². The van der Waals surface area contributed by atoms with Crippen molar-refractivity contribution in [3.8, 4) is 5.75 Å². The largest absolute Gasteiger partial charge is 0.488 e. The molecule has 2 heterocycles. The highest BCUT2D eigenvalue weighted by Gasteiger charge is 2.18. The highest BCUT2D eigenvalue weighted by Crippen LogP contribution is 2.29. The molecule has 5 nitrogen and oxygen atoms in total. The van der Waals surface area contributed by atoms with Crippen LogP contribution in [0, 0.1) is 0 Å². The van der Waals surface area contributed by atoms with Crippen LogP contribution in [0.3, 0.4) is 0 Å². The number of nitrogens with zero attached hydrogens (tertiary/aromatic N) is 2. The summed E-state index contributed by atoms with van der Waals surface area (Å²) in [7, 11) is 0. The minimum Gasteiger partial charge on any atom is -0.488 e. The van der Waals surface area contributed by atoms with E-state index in [-0.39, 0.29) is 5.91 Å². The third-order valence-corrected chi connectivity index (χ3v) is 5.41. The van der Waals surface area contributed by atoms with E-state index in [0.29, 0.717) is 18.7 Å². The Hall–Kier alpha value is -1.37. The molecule has 0 atom stereocenters. The fourth-order valence-corrected chi connectivity index (χ4v) is 3.83. The van der Waals surface area contributed by atoms with Crippen molar-refractivity contribution in [2.24, 2.45) is 0 Å². The first-order chi connectivity index (χ1) is 12.7. The Labute approximate surface area is 164 Å². The number of rotatable bonds is 7. The Morgan fingerprint density at radius 3 is 2.65 bits per heavy atom. The smallest absolute Gasteiger partial charge is 0.250 e. The molecule has 0 radical (unpaired) electrons. The lowest BCUT2D eigenvalue weighted by molar-refractivity contribution is -0.117. The number of nitrogens with one attached hydrogen (secondary N) is 1. The number of hydrogen-bond donors (Lipinski definition) is 1. The molecular formula is C20H28BrN3O2. The van der Waals surface area contributed by atoms with Crippen LogP contribution in [-0.4, -0.2) is 68.1 Å². The van der Waals surface area contributed by atoms with Crippen molar-refractivity contribution >= 4 is 27.9 Å². The second-order valence-electron chi connectivity index (χ2n) is 6.93. The summed E-state index contributed by atoms with van der Waals surface area (Å²) in [5.74, 6) is 0.801. The SMILES string of the molecule is CCCN1CCN(CCCNC(=O)C2=Cc3cc(Br)ccc3OC2)CC1. The van der Waals surface area contributed by atoms with Gasteiger partial charge in [-0.1, -0.05) is 22.9 Å². The summed E-state index contributed by atoms with van der Waals surface area (Å²) in [6.07, 6.45) is 4.13. The molecule has 142 valence electrons. The van der Waals surface area contributed by atoms with Crippen LogP contribution < -0.4 is 10.1 Å². The van der Waals surface area contributed by atoms with Crippen molar-refractivity contribution in [1.29, 1.82) is 0 Å². The molecule has 0 aliphatic carbocycles. The van der Waals surface area contributed by atoms with Crippen LogP contribution in [0.25, 0.3) is 6.08 Å².